The van der Waals surface area contributed by atoms with Crippen molar-refractivity contribution in [2.45, 2.75) is 19.8 Å². The average Bonchev–Trinajstić information content (AvgIpc) is 2.23. The summed E-state index contributed by atoms with van der Waals surface area (Å²) in [5, 5.41) is 0.609. The summed E-state index contributed by atoms with van der Waals surface area (Å²) in [6.45, 7) is 2.80. The van der Waals surface area contributed by atoms with E-state index in [1.54, 1.807) is 6.07 Å². The predicted octanol–water partition coefficient (Wildman–Crippen LogP) is 3.64. The number of carbonyl (C=O) groups excluding carboxylic acids is 1. The van der Waals surface area contributed by atoms with Gasteiger partial charge in [0.2, 0.25) is 0 Å². The Hall–Kier alpha value is -0.380. The Balaban J connectivity index is 2.49. The third-order valence-corrected chi connectivity index (χ3v) is 2.86. The number of halogens is 2. The Bertz CT molecular complexity index is 366. The minimum Gasteiger partial charge on any atom is -0.374 e. The number of ketones is 1. The summed E-state index contributed by atoms with van der Waals surface area (Å²) >= 11 is 9.33. The highest BCUT2D eigenvalue weighted by molar-refractivity contribution is 9.10. The highest BCUT2D eigenvalue weighted by atomic mass is 79.9. The Kier molecular flexibility index (Phi) is 6.03. The predicted molar refractivity (Wildman–Crippen MR) is 69.0 cm³/mol. The monoisotopic (exact) mass is 304 g/mol. The lowest BCUT2D eigenvalue weighted by Gasteiger charge is -2.05. The average molecular weight is 306 g/mol. The minimum absolute atomic E-state index is 0.0534. The molecule has 0 saturated heterocycles. The van der Waals surface area contributed by atoms with E-state index in [2.05, 4.69) is 15.9 Å². The smallest absolute Gasteiger partial charge is 0.162 e. The van der Waals surface area contributed by atoms with Gasteiger partial charge in [-0.25, -0.2) is 0 Å². The zero-order valence-corrected chi connectivity index (χ0v) is 11.5. The van der Waals surface area contributed by atoms with Crippen LogP contribution in [0.15, 0.2) is 22.7 Å². The van der Waals surface area contributed by atoms with Gasteiger partial charge in [-0.3, -0.25) is 4.79 Å². The van der Waals surface area contributed by atoms with Crippen LogP contribution in [0.1, 0.15) is 18.9 Å². The second-order valence-electron chi connectivity index (χ2n) is 3.50. The zero-order chi connectivity index (χ0) is 12.0. The molecule has 1 aromatic rings. The molecule has 0 amide bonds. The van der Waals surface area contributed by atoms with Crippen molar-refractivity contribution >= 4 is 33.3 Å². The highest BCUT2D eigenvalue weighted by Gasteiger charge is 2.07. The molecule has 1 aromatic carbocycles. The summed E-state index contributed by atoms with van der Waals surface area (Å²) in [6, 6.07) is 5.52. The molecule has 0 aliphatic rings. The number of hydrogen-bond donors (Lipinski definition) is 0. The van der Waals surface area contributed by atoms with E-state index < -0.39 is 0 Å². The van der Waals surface area contributed by atoms with Crippen LogP contribution >= 0.6 is 27.5 Å². The van der Waals surface area contributed by atoms with Gasteiger partial charge in [-0.05, 0) is 24.1 Å². The first-order valence-electron chi connectivity index (χ1n) is 5.17. The summed E-state index contributed by atoms with van der Waals surface area (Å²) in [4.78, 5) is 11.5. The van der Waals surface area contributed by atoms with Gasteiger partial charge >= 0.3 is 0 Å². The van der Waals surface area contributed by atoms with Crippen LogP contribution in [-0.2, 0) is 16.0 Å². The van der Waals surface area contributed by atoms with Crippen LogP contribution in [0, 0.1) is 0 Å². The fraction of sp³-hybridized carbons (Fsp3) is 0.417. The van der Waals surface area contributed by atoms with Gasteiger partial charge in [0.25, 0.3) is 0 Å². The van der Waals surface area contributed by atoms with Gasteiger partial charge in [0, 0.05) is 22.5 Å². The van der Waals surface area contributed by atoms with Crippen molar-refractivity contribution in [3.05, 3.63) is 33.3 Å². The number of benzene rings is 1. The van der Waals surface area contributed by atoms with Gasteiger partial charge in [0.05, 0.1) is 0 Å². The maximum Gasteiger partial charge on any atom is 0.162 e. The molecule has 1 rings (SSSR count). The lowest BCUT2D eigenvalue weighted by Crippen LogP contribution is -2.12. The summed E-state index contributed by atoms with van der Waals surface area (Å²) in [7, 11) is 0. The molecule has 0 saturated carbocycles. The van der Waals surface area contributed by atoms with Crippen molar-refractivity contribution in [1.29, 1.82) is 0 Å². The number of ether oxygens (including phenoxy) is 1. The van der Waals surface area contributed by atoms with Crippen molar-refractivity contribution < 1.29 is 9.53 Å². The van der Waals surface area contributed by atoms with Crippen molar-refractivity contribution in [3.63, 3.8) is 0 Å². The third-order valence-electron chi connectivity index (χ3n) is 2.01. The number of hydrogen-bond acceptors (Lipinski definition) is 2. The van der Waals surface area contributed by atoms with E-state index in [-0.39, 0.29) is 12.4 Å². The van der Waals surface area contributed by atoms with Gasteiger partial charge in [-0.15, -0.1) is 0 Å². The first-order chi connectivity index (χ1) is 7.63. The molecule has 0 aromatic heterocycles. The second-order valence-corrected chi connectivity index (χ2v) is 4.83. The van der Waals surface area contributed by atoms with Crippen LogP contribution in [0.25, 0.3) is 0 Å². The van der Waals surface area contributed by atoms with E-state index in [1.807, 2.05) is 19.1 Å². The number of rotatable bonds is 6. The summed E-state index contributed by atoms with van der Waals surface area (Å²) in [6.07, 6.45) is 1.25. The van der Waals surface area contributed by atoms with E-state index in [0.29, 0.717) is 18.1 Å². The first-order valence-corrected chi connectivity index (χ1v) is 6.34. The van der Waals surface area contributed by atoms with E-state index in [9.17, 15) is 4.79 Å². The fourth-order valence-electron chi connectivity index (χ4n) is 1.26. The molecule has 0 heterocycles. The molecule has 0 aliphatic carbocycles. The lowest BCUT2D eigenvalue weighted by molar-refractivity contribution is -0.122. The molecule has 2 nitrogen and oxygen atoms in total. The second kappa shape index (κ2) is 7.05. The van der Waals surface area contributed by atoms with Crippen LogP contribution in [0.4, 0.5) is 0 Å². The molecule has 0 aliphatic heterocycles. The normalized spacial score (nSPS) is 10.4. The molecular weight excluding hydrogens is 291 g/mol. The van der Waals surface area contributed by atoms with E-state index >= 15 is 0 Å². The Labute approximate surface area is 109 Å². The summed E-state index contributed by atoms with van der Waals surface area (Å²) in [5.74, 6) is 0.0534. The number of carbonyl (C=O) groups is 1. The SMILES string of the molecule is CCCOCC(=O)Cc1ccc(Br)cc1Cl. The molecule has 0 spiro atoms. The van der Waals surface area contributed by atoms with Crippen LogP contribution in [0.5, 0.6) is 0 Å². The van der Waals surface area contributed by atoms with Crippen LogP contribution in [-0.4, -0.2) is 19.0 Å². The minimum atomic E-state index is 0.0534. The van der Waals surface area contributed by atoms with Gasteiger partial charge in [0.1, 0.15) is 6.61 Å². The molecule has 4 heteroatoms. The highest BCUT2D eigenvalue weighted by Crippen LogP contribution is 2.21. The third kappa shape index (κ3) is 4.64. The van der Waals surface area contributed by atoms with Crippen LogP contribution in [0.2, 0.25) is 5.02 Å². The molecule has 0 radical (unpaired) electrons. The Morgan fingerprint density at radius 3 is 2.88 bits per heavy atom. The lowest BCUT2D eigenvalue weighted by atomic mass is 10.1. The quantitative estimate of drug-likeness (QED) is 0.750. The van der Waals surface area contributed by atoms with E-state index in [4.69, 9.17) is 16.3 Å². The van der Waals surface area contributed by atoms with Crippen molar-refractivity contribution in [2.75, 3.05) is 13.2 Å². The standard InChI is InChI=1S/C12H14BrClO2/c1-2-5-16-8-11(15)6-9-3-4-10(13)7-12(9)14/h3-4,7H,2,5-6,8H2,1H3. The van der Waals surface area contributed by atoms with Gasteiger partial charge in [-0.1, -0.05) is 40.5 Å². The molecule has 88 valence electrons. The van der Waals surface area contributed by atoms with E-state index in [0.717, 1.165) is 16.5 Å². The van der Waals surface area contributed by atoms with Crippen LogP contribution in [0.3, 0.4) is 0 Å². The molecule has 0 fully saturated rings. The van der Waals surface area contributed by atoms with E-state index in [1.165, 1.54) is 0 Å². The Morgan fingerprint density at radius 2 is 2.25 bits per heavy atom. The molecular formula is C12H14BrClO2. The molecule has 0 bridgehead atoms. The molecule has 0 unspecified atom stereocenters. The largest absolute Gasteiger partial charge is 0.374 e. The zero-order valence-electron chi connectivity index (χ0n) is 9.13. The first kappa shape index (κ1) is 13.7. The molecule has 0 N–H and O–H groups in total. The van der Waals surface area contributed by atoms with Crippen molar-refractivity contribution in [3.8, 4) is 0 Å². The summed E-state index contributed by atoms with van der Waals surface area (Å²) in [5.41, 5.74) is 0.843. The molecule has 0 atom stereocenters. The summed E-state index contributed by atoms with van der Waals surface area (Å²) < 4.78 is 6.09. The maximum absolute atomic E-state index is 11.5. The molecule has 16 heavy (non-hydrogen) atoms. The van der Waals surface area contributed by atoms with Crippen molar-refractivity contribution in [1.82, 2.24) is 0 Å². The van der Waals surface area contributed by atoms with Gasteiger partial charge < -0.3 is 4.74 Å². The number of Topliss-reactive ketones (excluding diaryl/α,β-unsaturated/α-hetero) is 1. The van der Waals surface area contributed by atoms with Crippen molar-refractivity contribution in [2.24, 2.45) is 0 Å². The topological polar surface area (TPSA) is 26.3 Å². The maximum atomic E-state index is 11.5. The Morgan fingerprint density at radius 1 is 1.50 bits per heavy atom. The fourth-order valence-corrected chi connectivity index (χ4v) is 2.00. The van der Waals surface area contributed by atoms with Crippen LogP contribution < -0.4 is 0 Å². The van der Waals surface area contributed by atoms with Gasteiger partial charge in [0.15, 0.2) is 5.78 Å². The van der Waals surface area contributed by atoms with Gasteiger partial charge in [-0.2, -0.15) is 0 Å².